The Kier molecular flexibility index (Phi) is 6.65. The molecular formula is C41H28N4. The summed E-state index contributed by atoms with van der Waals surface area (Å²) in [5.41, 5.74) is 13.0. The quantitative estimate of drug-likeness (QED) is 0.191. The molecule has 0 fully saturated rings. The fourth-order valence-electron chi connectivity index (χ4n) is 5.86. The van der Waals surface area contributed by atoms with Crippen LogP contribution in [0.4, 0.5) is 0 Å². The maximum Gasteiger partial charge on any atom is 0.0972 e. The van der Waals surface area contributed by atoms with E-state index in [4.69, 9.17) is 15.0 Å². The van der Waals surface area contributed by atoms with Crippen LogP contribution < -0.4 is 0 Å². The van der Waals surface area contributed by atoms with Crippen molar-refractivity contribution in [1.29, 1.82) is 0 Å². The number of nitrogens with zero attached hydrogens (tertiary/aromatic N) is 4. The van der Waals surface area contributed by atoms with Gasteiger partial charge in [-0.2, -0.15) is 0 Å². The van der Waals surface area contributed by atoms with E-state index < -0.39 is 0 Å². The Morgan fingerprint density at radius 3 is 1.44 bits per heavy atom. The van der Waals surface area contributed by atoms with Crippen molar-refractivity contribution >= 4 is 21.8 Å². The Balaban J connectivity index is 1.17. The Morgan fingerprint density at radius 2 is 0.844 bits per heavy atom. The summed E-state index contributed by atoms with van der Waals surface area (Å²) in [4.78, 5) is 19.7. The van der Waals surface area contributed by atoms with Crippen LogP contribution in [-0.4, -0.2) is 19.9 Å². The fraction of sp³-hybridized carbons (Fsp3) is 0.0244. The van der Waals surface area contributed by atoms with Crippen LogP contribution >= 0.6 is 0 Å². The molecule has 8 rings (SSSR count). The molecule has 4 nitrogen and oxygen atoms in total. The smallest absolute Gasteiger partial charge is 0.0972 e. The lowest BCUT2D eigenvalue weighted by Gasteiger charge is -2.10. The number of aromatic nitrogens is 4. The Hall–Kier alpha value is -6.00. The molecule has 8 aromatic rings. The van der Waals surface area contributed by atoms with Crippen LogP contribution in [0, 0.1) is 6.92 Å². The molecule has 0 unspecified atom stereocenters. The van der Waals surface area contributed by atoms with Crippen molar-refractivity contribution in [2.45, 2.75) is 6.92 Å². The van der Waals surface area contributed by atoms with E-state index in [1.165, 1.54) is 5.56 Å². The van der Waals surface area contributed by atoms with Gasteiger partial charge in [0.15, 0.2) is 0 Å². The largest absolute Gasteiger partial charge is 0.255 e. The first-order chi connectivity index (χ1) is 22.2. The Bertz CT molecular complexity index is 2340. The van der Waals surface area contributed by atoms with E-state index in [1.54, 1.807) is 6.20 Å². The van der Waals surface area contributed by atoms with E-state index in [2.05, 4.69) is 121 Å². The lowest BCUT2D eigenvalue weighted by atomic mass is 9.98. The molecule has 0 saturated carbocycles. The molecule has 4 aromatic carbocycles. The van der Waals surface area contributed by atoms with E-state index in [-0.39, 0.29) is 0 Å². The number of fused-ring (bicyclic) bond motifs is 3. The highest BCUT2D eigenvalue weighted by Gasteiger charge is 2.11. The van der Waals surface area contributed by atoms with Crippen molar-refractivity contribution in [3.05, 3.63) is 157 Å². The van der Waals surface area contributed by atoms with Crippen molar-refractivity contribution in [3.8, 4) is 56.3 Å². The number of aryl methyl sites for hydroxylation is 1. The van der Waals surface area contributed by atoms with Gasteiger partial charge in [0.05, 0.1) is 39.5 Å². The standard InChI is InChI=1S/C41H28N4/c1-27-8-4-11-32(24-27)36-21-19-28-17-18-29-20-22-37(45-41(29)40(28)44-36)34-13-6-10-31(26-34)30-9-5-12-33(25-30)35-15-7-16-39(43-35)38-14-2-3-23-42-38/h2-26H,1H3. The molecule has 0 N–H and O–H groups in total. The zero-order valence-electron chi connectivity index (χ0n) is 24.7. The molecule has 4 aromatic heterocycles. The van der Waals surface area contributed by atoms with Gasteiger partial charge in [-0.1, -0.05) is 96.6 Å². The maximum atomic E-state index is 5.19. The summed E-state index contributed by atoms with van der Waals surface area (Å²) < 4.78 is 0. The molecule has 0 aliphatic rings. The van der Waals surface area contributed by atoms with Gasteiger partial charge in [0.2, 0.25) is 0 Å². The first-order valence-corrected chi connectivity index (χ1v) is 15.1. The Morgan fingerprint density at radius 1 is 0.356 bits per heavy atom. The van der Waals surface area contributed by atoms with Gasteiger partial charge in [0.1, 0.15) is 0 Å². The molecule has 0 aliphatic carbocycles. The third-order valence-corrected chi connectivity index (χ3v) is 8.16. The predicted molar refractivity (Wildman–Crippen MR) is 185 cm³/mol. The van der Waals surface area contributed by atoms with Gasteiger partial charge in [0, 0.05) is 33.7 Å². The molecule has 0 radical (unpaired) electrons. The highest BCUT2D eigenvalue weighted by molar-refractivity contribution is 6.04. The summed E-state index contributed by atoms with van der Waals surface area (Å²) in [7, 11) is 0. The molecule has 0 spiro atoms. The molecule has 4 heterocycles. The van der Waals surface area contributed by atoms with Gasteiger partial charge < -0.3 is 0 Å². The normalized spacial score (nSPS) is 11.2. The number of rotatable bonds is 5. The van der Waals surface area contributed by atoms with Gasteiger partial charge in [-0.3, -0.25) is 4.98 Å². The van der Waals surface area contributed by atoms with Crippen LogP contribution in [0.5, 0.6) is 0 Å². The highest BCUT2D eigenvalue weighted by atomic mass is 14.8. The average Bonchev–Trinajstić information content (AvgIpc) is 3.11. The van der Waals surface area contributed by atoms with Crippen LogP contribution in [0.25, 0.3) is 78.1 Å². The van der Waals surface area contributed by atoms with Crippen LogP contribution in [-0.2, 0) is 0 Å². The van der Waals surface area contributed by atoms with Gasteiger partial charge in [-0.25, -0.2) is 15.0 Å². The number of hydrogen-bond acceptors (Lipinski definition) is 4. The Labute approximate surface area is 261 Å². The summed E-state index contributed by atoms with van der Waals surface area (Å²) in [6.45, 7) is 2.11. The summed E-state index contributed by atoms with van der Waals surface area (Å²) >= 11 is 0. The number of benzene rings is 4. The molecule has 0 amide bonds. The first-order valence-electron chi connectivity index (χ1n) is 15.1. The van der Waals surface area contributed by atoms with E-state index >= 15 is 0 Å². The molecule has 0 saturated heterocycles. The molecule has 0 aliphatic heterocycles. The van der Waals surface area contributed by atoms with Crippen molar-refractivity contribution in [1.82, 2.24) is 19.9 Å². The average molecular weight is 577 g/mol. The van der Waals surface area contributed by atoms with Crippen molar-refractivity contribution in [2.24, 2.45) is 0 Å². The zero-order chi connectivity index (χ0) is 30.2. The monoisotopic (exact) mass is 576 g/mol. The molecule has 0 bridgehead atoms. The zero-order valence-corrected chi connectivity index (χ0v) is 24.7. The van der Waals surface area contributed by atoms with Gasteiger partial charge in [-0.05, 0) is 72.6 Å². The molecule has 4 heteroatoms. The van der Waals surface area contributed by atoms with E-state index in [9.17, 15) is 0 Å². The second-order valence-corrected chi connectivity index (χ2v) is 11.3. The second-order valence-electron chi connectivity index (χ2n) is 11.3. The van der Waals surface area contributed by atoms with Crippen LogP contribution in [0.3, 0.4) is 0 Å². The third-order valence-electron chi connectivity index (χ3n) is 8.16. The van der Waals surface area contributed by atoms with Gasteiger partial charge in [0.25, 0.3) is 0 Å². The maximum absolute atomic E-state index is 5.19. The number of hydrogen-bond donors (Lipinski definition) is 0. The minimum absolute atomic E-state index is 0.857. The molecule has 212 valence electrons. The van der Waals surface area contributed by atoms with Gasteiger partial charge in [-0.15, -0.1) is 0 Å². The molecule has 0 atom stereocenters. The lowest BCUT2D eigenvalue weighted by molar-refractivity contribution is 1.25. The van der Waals surface area contributed by atoms with E-state index in [0.29, 0.717) is 0 Å². The van der Waals surface area contributed by atoms with Crippen LogP contribution in [0.1, 0.15) is 5.56 Å². The minimum Gasteiger partial charge on any atom is -0.255 e. The topological polar surface area (TPSA) is 51.6 Å². The third kappa shape index (κ3) is 5.23. The fourth-order valence-corrected chi connectivity index (χ4v) is 5.86. The van der Waals surface area contributed by atoms with Crippen molar-refractivity contribution in [3.63, 3.8) is 0 Å². The van der Waals surface area contributed by atoms with E-state index in [0.717, 1.165) is 78.1 Å². The highest BCUT2D eigenvalue weighted by Crippen LogP contribution is 2.32. The van der Waals surface area contributed by atoms with Gasteiger partial charge >= 0.3 is 0 Å². The van der Waals surface area contributed by atoms with Crippen molar-refractivity contribution < 1.29 is 0 Å². The van der Waals surface area contributed by atoms with E-state index in [1.807, 2.05) is 36.4 Å². The second kappa shape index (κ2) is 11.3. The number of pyridine rings is 4. The predicted octanol–water partition coefficient (Wildman–Crippen LogP) is 10.2. The molecule has 45 heavy (non-hydrogen) atoms. The first kappa shape index (κ1) is 26.6. The molecular weight excluding hydrogens is 548 g/mol. The summed E-state index contributed by atoms with van der Waals surface area (Å²) in [5.74, 6) is 0. The summed E-state index contributed by atoms with van der Waals surface area (Å²) in [5, 5.41) is 2.15. The van der Waals surface area contributed by atoms with Crippen LogP contribution in [0.15, 0.2) is 152 Å². The van der Waals surface area contributed by atoms with Crippen LogP contribution in [0.2, 0.25) is 0 Å². The lowest BCUT2D eigenvalue weighted by Crippen LogP contribution is -1.92. The minimum atomic E-state index is 0.857. The summed E-state index contributed by atoms with van der Waals surface area (Å²) in [6, 6.07) is 50.3. The summed E-state index contributed by atoms with van der Waals surface area (Å²) in [6.07, 6.45) is 1.80. The SMILES string of the molecule is Cc1cccc(-c2ccc3ccc4ccc(-c5cccc(-c6cccc(-c7cccc(-c8ccccn8)n7)c6)c5)nc4c3n2)c1. The van der Waals surface area contributed by atoms with Crippen molar-refractivity contribution in [2.75, 3.05) is 0 Å².